The van der Waals surface area contributed by atoms with Gasteiger partial charge in [-0.1, -0.05) is 17.8 Å². The van der Waals surface area contributed by atoms with Crippen LogP contribution in [0.25, 0.3) is 0 Å². The number of likely N-dealkylation sites (tertiary alicyclic amines) is 1. The van der Waals surface area contributed by atoms with E-state index in [1.54, 1.807) is 0 Å². The van der Waals surface area contributed by atoms with Crippen molar-refractivity contribution in [1.29, 1.82) is 0 Å². The highest BCUT2D eigenvalue weighted by Gasteiger charge is 2.32. The molecule has 3 heterocycles. The summed E-state index contributed by atoms with van der Waals surface area (Å²) in [5.41, 5.74) is 2.39. The highest BCUT2D eigenvalue weighted by Crippen LogP contribution is 2.39. The van der Waals surface area contributed by atoms with E-state index in [0.29, 0.717) is 11.6 Å². The first-order valence-electron chi connectivity index (χ1n) is 7.77. The molecule has 1 aromatic rings. The molecule has 116 valence electrons. The van der Waals surface area contributed by atoms with Crippen LogP contribution in [0.3, 0.4) is 0 Å². The second-order valence-corrected chi connectivity index (χ2v) is 8.35. The number of hydrogen-bond donors (Lipinski definition) is 1. The Kier molecular flexibility index (Phi) is 4.04. The SMILES string of the molecule is Cc1c(SC2CN(C3=NCCS3)C2)ccc2c1OB(O)CC2. The topological polar surface area (TPSA) is 45.1 Å². The Labute approximate surface area is 139 Å². The lowest BCUT2D eigenvalue weighted by molar-refractivity contribution is 0.318. The first-order chi connectivity index (χ1) is 10.7. The lowest BCUT2D eigenvalue weighted by Gasteiger charge is -2.40. The fourth-order valence-electron chi connectivity index (χ4n) is 3.06. The third-order valence-corrected chi connectivity index (χ3v) is 6.69. The number of aryl methyl sites for hydroxylation is 1. The van der Waals surface area contributed by atoms with Gasteiger partial charge in [-0.3, -0.25) is 4.99 Å². The number of fused-ring (bicyclic) bond motifs is 1. The Morgan fingerprint density at radius 3 is 3.09 bits per heavy atom. The number of benzene rings is 1. The highest BCUT2D eigenvalue weighted by atomic mass is 32.2. The minimum atomic E-state index is -0.650. The predicted octanol–water partition coefficient (Wildman–Crippen LogP) is 2.29. The molecule has 1 aromatic carbocycles. The molecule has 4 nitrogen and oxygen atoms in total. The standard InChI is InChI=1S/C15H19BN2O2S2/c1-10-13(3-2-11-4-5-16(19)20-14(10)11)22-12-8-18(9-12)15-17-6-7-21-15/h2-3,12,19H,4-9H2,1H3. The molecule has 0 spiro atoms. The minimum absolute atomic E-state index is 0.620. The molecular formula is C15H19BN2O2S2. The van der Waals surface area contributed by atoms with Crippen molar-refractivity contribution in [2.75, 3.05) is 25.4 Å². The van der Waals surface area contributed by atoms with E-state index in [9.17, 15) is 5.02 Å². The molecule has 1 saturated heterocycles. The quantitative estimate of drug-likeness (QED) is 0.841. The van der Waals surface area contributed by atoms with Gasteiger partial charge in [0, 0.05) is 34.6 Å². The molecule has 0 aliphatic carbocycles. The van der Waals surface area contributed by atoms with Gasteiger partial charge in [-0.05, 0) is 31.3 Å². The summed E-state index contributed by atoms with van der Waals surface area (Å²) in [6, 6.07) is 4.37. The number of thioether (sulfide) groups is 2. The van der Waals surface area contributed by atoms with Crippen molar-refractivity contribution < 1.29 is 9.68 Å². The van der Waals surface area contributed by atoms with E-state index >= 15 is 0 Å². The fraction of sp³-hybridized carbons (Fsp3) is 0.533. The van der Waals surface area contributed by atoms with Gasteiger partial charge in [-0.25, -0.2) is 0 Å². The van der Waals surface area contributed by atoms with Crippen LogP contribution in [-0.4, -0.2) is 52.8 Å². The van der Waals surface area contributed by atoms with Gasteiger partial charge >= 0.3 is 7.12 Å². The molecule has 3 aliphatic rings. The van der Waals surface area contributed by atoms with E-state index in [0.717, 1.165) is 37.6 Å². The summed E-state index contributed by atoms with van der Waals surface area (Å²) in [6.45, 7) is 5.23. The Morgan fingerprint density at radius 1 is 1.45 bits per heavy atom. The molecule has 0 amide bonds. The molecule has 4 rings (SSSR count). The van der Waals surface area contributed by atoms with E-state index in [-0.39, 0.29) is 0 Å². The van der Waals surface area contributed by atoms with Crippen LogP contribution < -0.4 is 4.65 Å². The van der Waals surface area contributed by atoms with Gasteiger partial charge in [0.2, 0.25) is 0 Å². The van der Waals surface area contributed by atoms with Gasteiger partial charge < -0.3 is 14.6 Å². The van der Waals surface area contributed by atoms with Crippen LogP contribution in [-0.2, 0) is 6.42 Å². The number of aliphatic imine (C=N–C) groups is 1. The smallest absolute Gasteiger partial charge is 0.522 e. The van der Waals surface area contributed by atoms with Gasteiger partial charge in [0.1, 0.15) is 5.75 Å². The molecule has 1 N–H and O–H groups in total. The normalized spacial score (nSPS) is 21.3. The second kappa shape index (κ2) is 6.02. The number of hydrogen-bond acceptors (Lipinski definition) is 6. The van der Waals surface area contributed by atoms with Crippen LogP contribution in [0, 0.1) is 6.92 Å². The Balaban J connectivity index is 1.43. The first-order valence-corrected chi connectivity index (χ1v) is 9.63. The number of rotatable bonds is 2. The minimum Gasteiger partial charge on any atom is -0.536 e. The van der Waals surface area contributed by atoms with Crippen molar-refractivity contribution >= 4 is 35.8 Å². The maximum absolute atomic E-state index is 9.72. The predicted molar refractivity (Wildman–Crippen MR) is 94.3 cm³/mol. The molecule has 0 aromatic heterocycles. The highest BCUT2D eigenvalue weighted by molar-refractivity contribution is 8.14. The maximum atomic E-state index is 9.72. The van der Waals surface area contributed by atoms with E-state index < -0.39 is 7.12 Å². The lowest BCUT2D eigenvalue weighted by atomic mass is 9.78. The zero-order valence-electron chi connectivity index (χ0n) is 12.6. The number of nitrogens with zero attached hydrogens (tertiary/aromatic N) is 2. The summed E-state index contributed by atoms with van der Waals surface area (Å²) in [5, 5.41) is 11.6. The Hall–Kier alpha value is -0.785. The van der Waals surface area contributed by atoms with E-state index in [1.807, 2.05) is 23.5 Å². The molecule has 0 unspecified atom stereocenters. The third-order valence-electron chi connectivity index (χ3n) is 4.33. The molecule has 0 bridgehead atoms. The van der Waals surface area contributed by atoms with E-state index in [4.69, 9.17) is 4.65 Å². The summed E-state index contributed by atoms with van der Waals surface area (Å²) in [7, 11) is -0.650. The van der Waals surface area contributed by atoms with Crippen LogP contribution in [0.5, 0.6) is 5.75 Å². The molecule has 1 fully saturated rings. The van der Waals surface area contributed by atoms with Crippen molar-refractivity contribution in [1.82, 2.24) is 4.90 Å². The molecule has 22 heavy (non-hydrogen) atoms. The van der Waals surface area contributed by atoms with Crippen LogP contribution in [0.4, 0.5) is 0 Å². The van der Waals surface area contributed by atoms with E-state index in [1.165, 1.54) is 21.2 Å². The molecular weight excluding hydrogens is 315 g/mol. The monoisotopic (exact) mass is 334 g/mol. The lowest BCUT2D eigenvalue weighted by Crippen LogP contribution is -2.50. The summed E-state index contributed by atoms with van der Waals surface area (Å²) >= 11 is 3.80. The Bertz CT molecular complexity index is 620. The molecule has 0 saturated carbocycles. The van der Waals surface area contributed by atoms with Gasteiger partial charge in [-0.2, -0.15) is 0 Å². The molecule has 7 heteroatoms. The summed E-state index contributed by atoms with van der Waals surface area (Å²) < 4.78 is 5.65. The fourth-order valence-corrected chi connectivity index (χ4v) is 5.22. The largest absolute Gasteiger partial charge is 0.536 e. The van der Waals surface area contributed by atoms with Gasteiger partial charge in [0.15, 0.2) is 5.17 Å². The van der Waals surface area contributed by atoms with Gasteiger partial charge in [0.25, 0.3) is 0 Å². The van der Waals surface area contributed by atoms with E-state index in [2.05, 4.69) is 28.9 Å². The zero-order valence-corrected chi connectivity index (χ0v) is 14.3. The Morgan fingerprint density at radius 2 is 2.32 bits per heavy atom. The summed E-state index contributed by atoms with van der Waals surface area (Å²) in [6.07, 6.45) is 1.59. The van der Waals surface area contributed by atoms with Gasteiger partial charge in [-0.15, -0.1) is 11.8 Å². The number of amidine groups is 1. The van der Waals surface area contributed by atoms with Crippen molar-refractivity contribution in [2.45, 2.75) is 29.8 Å². The maximum Gasteiger partial charge on any atom is 0.522 e. The second-order valence-electron chi connectivity index (χ2n) is 5.95. The molecule has 0 radical (unpaired) electrons. The first kappa shape index (κ1) is 14.8. The average molecular weight is 334 g/mol. The molecule has 0 atom stereocenters. The van der Waals surface area contributed by atoms with Crippen LogP contribution in [0.2, 0.25) is 6.32 Å². The van der Waals surface area contributed by atoms with Crippen LogP contribution in [0.1, 0.15) is 11.1 Å². The molecule has 3 aliphatic heterocycles. The van der Waals surface area contributed by atoms with Crippen molar-refractivity contribution in [3.63, 3.8) is 0 Å². The summed E-state index contributed by atoms with van der Waals surface area (Å²) in [5.74, 6) is 2.03. The van der Waals surface area contributed by atoms with Crippen molar-refractivity contribution in [3.05, 3.63) is 23.3 Å². The van der Waals surface area contributed by atoms with Crippen molar-refractivity contribution in [2.24, 2.45) is 4.99 Å². The van der Waals surface area contributed by atoms with Crippen LogP contribution >= 0.6 is 23.5 Å². The average Bonchev–Trinajstić information content (AvgIpc) is 2.99. The third kappa shape index (κ3) is 2.74. The van der Waals surface area contributed by atoms with Crippen molar-refractivity contribution in [3.8, 4) is 5.75 Å². The zero-order chi connectivity index (χ0) is 15.1. The summed E-state index contributed by atoms with van der Waals surface area (Å²) in [4.78, 5) is 8.19. The van der Waals surface area contributed by atoms with Crippen LogP contribution in [0.15, 0.2) is 22.0 Å². The van der Waals surface area contributed by atoms with Gasteiger partial charge in [0.05, 0.1) is 6.54 Å².